The van der Waals surface area contributed by atoms with Gasteiger partial charge in [0.1, 0.15) is 24.1 Å². The van der Waals surface area contributed by atoms with Crippen LogP contribution >= 0.6 is 15.9 Å². The van der Waals surface area contributed by atoms with Crippen LogP contribution in [0.3, 0.4) is 0 Å². The number of hydrogen-bond donors (Lipinski definition) is 0. The Hall–Kier alpha value is -2.85. The number of halogens is 1. The lowest BCUT2D eigenvalue weighted by Gasteiger charge is -2.12. The van der Waals surface area contributed by atoms with E-state index in [9.17, 15) is 10.1 Å². The van der Waals surface area contributed by atoms with E-state index in [-0.39, 0.29) is 25.0 Å². The number of rotatable bonds is 7. The zero-order valence-electron chi connectivity index (χ0n) is 16.6. The molecule has 150 valence electrons. The summed E-state index contributed by atoms with van der Waals surface area (Å²) in [5, 5.41) is 15.2. The maximum atomic E-state index is 11.9. The molecule has 0 fully saturated rings. The van der Waals surface area contributed by atoms with Crippen molar-refractivity contribution in [2.24, 2.45) is 0 Å². The topological polar surface area (TPSA) is 77.1 Å². The monoisotopic (exact) mass is 455 g/mol. The van der Waals surface area contributed by atoms with E-state index in [1.807, 2.05) is 22.9 Å². The number of carbonyl (C=O) groups excluding carboxylic acids is 1. The number of aromatic nitrogens is 2. The van der Waals surface area contributed by atoms with E-state index < -0.39 is 0 Å². The Kier molecular flexibility index (Phi) is 6.55. The number of nitriles is 1. The molecule has 0 spiro atoms. The first-order valence-corrected chi connectivity index (χ1v) is 10.2. The number of esters is 1. The molecule has 0 aliphatic rings. The molecule has 6 nitrogen and oxygen atoms in total. The zero-order valence-corrected chi connectivity index (χ0v) is 18.2. The summed E-state index contributed by atoms with van der Waals surface area (Å²) in [6, 6.07) is 13.5. The molecule has 29 heavy (non-hydrogen) atoms. The number of fused-ring (bicyclic) bond motifs is 1. The van der Waals surface area contributed by atoms with Crippen LogP contribution in [0.4, 0.5) is 0 Å². The number of nitrogens with zero attached hydrogens (tertiary/aromatic N) is 3. The van der Waals surface area contributed by atoms with Crippen molar-refractivity contribution >= 4 is 32.8 Å². The normalized spacial score (nSPS) is 10.9. The van der Waals surface area contributed by atoms with E-state index in [4.69, 9.17) is 14.6 Å². The van der Waals surface area contributed by atoms with Gasteiger partial charge < -0.3 is 9.47 Å². The third kappa shape index (κ3) is 4.60. The molecule has 0 bridgehead atoms. The highest BCUT2D eigenvalue weighted by Crippen LogP contribution is 2.29. The molecule has 0 saturated heterocycles. The lowest BCUT2D eigenvalue weighted by Crippen LogP contribution is -2.10. The van der Waals surface area contributed by atoms with Gasteiger partial charge in [-0.05, 0) is 45.0 Å². The highest BCUT2D eigenvalue weighted by Gasteiger charge is 2.17. The van der Waals surface area contributed by atoms with Crippen molar-refractivity contribution < 1.29 is 14.3 Å². The Balaban J connectivity index is 1.95. The van der Waals surface area contributed by atoms with Crippen molar-refractivity contribution in [2.45, 2.75) is 39.8 Å². The molecule has 0 saturated carbocycles. The average Bonchev–Trinajstić information content (AvgIpc) is 3.05. The van der Waals surface area contributed by atoms with E-state index in [1.165, 1.54) is 0 Å². The Morgan fingerprint density at radius 1 is 1.31 bits per heavy atom. The molecule has 0 aliphatic carbocycles. The second-order valence-corrected chi connectivity index (χ2v) is 7.74. The van der Waals surface area contributed by atoms with E-state index in [0.717, 1.165) is 21.1 Å². The second kappa shape index (κ2) is 9.10. The molecule has 2 aromatic carbocycles. The van der Waals surface area contributed by atoms with Gasteiger partial charge >= 0.3 is 5.97 Å². The second-order valence-electron chi connectivity index (χ2n) is 6.82. The van der Waals surface area contributed by atoms with Crippen molar-refractivity contribution in [3.05, 3.63) is 57.7 Å². The summed E-state index contributed by atoms with van der Waals surface area (Å²) in [6.07, 6.45) is 0.0470. The van der Waals surface area contributed by atoms with Gasteiger partial charge in [-0.1, -0.05) is 28.1 Å². The van der Waals surface area contributed by atoms with Gasteiger partial charge in [-0.15, -0.1) is 0 Å². The Morgan fingerprint density at radius 3 is 2.79 bits per heavy atom. The molecule has 0 aliphatic heterocycles. The molecule has 3 aromatic rings. The van der Waals surface area contributed by atoms with Crippen LogP contribution in [0.2, 0.25) is 0 Å². The molecular formula is C22H22BrN3O3. The number of ether oxygens (including phenoxy) is 2. The summed E-state index contributed by atoms with van der Waals surface area (Å²) in [4.78, 5) is 11.9. The summed E-state index contributed by atoms with van der Waals surface area (Å²) >= 11 is 3.51. The lowest BCUT2D eigenvalue weighted by molar-refractivity contribution is -0.142. The van der Waals surface area contributed by atoms with Crippen molar-refractivity contribution in [2.75, 3.05) is 6.61 Å². The first-order chi connectivity index (χ1) is 13.9. The van der Waals surface area contributed by atoms with Crippen molar-refractivity contribution in [3.8, 4) is 11.8 Å². The standard InChI is InChI=1S/C22H22BrN3O3/c1-4-28-21(27)10-15-6-5-7-16(12-24)22(15)29-13-19-18-11-17(23)8-9-20(18)26(25-19)14(2)3/h5-9,11,14H,4,10,13H2,1-3H3. The predicted molar refractivity (Wildman–Crippen MR) is 114 cm³/mol. The van der Waals surface area contributed by atoms with Crippen LogP contribution in [-0.4, -0.2) is 22.4 Å². The minimum Gasteiger partial charge on any atom is -0.486 e. The summed E-state index contributed by atoms with van der Waals surface area (Å²) in [5.41, 5.74) is 2.78. The minimum atomic E-state index is -0.356. The van der Waals surface area contributed by atoms with Gasteiger partial charge in [-0.25, -0.2) is 0 Å². The van der Waals surface area contributed by atoms with Crippen molar-refractivity contribution in [1.82, 2.24) is 9.78 Å². The molecule has 7 heteroatoms. The fourth-order valence-corrected chi connectivity index (χ4v) is 3.53. The molecule has 0 unspecified atom stereocenters. The molecule has 0 amide bonds. The Labute approximate surface area is 178 Å². The van der Waals surface area contributed by atoms with Gasteiger partial charge in [0.25, 0.3) is 0 Å². The number of carbonyl (C=O) groups is 1. The molecule has 0 radical (unpaired) electrons. The third-order valence-corrected chi connectivity index (χ3v) is 4.94. The van der Waals surface area contributed by atoms with E-state index in [1.54, 1.807) is 25.1 Å². The third-order valence-electron chi connectivity index (χ3n) is 4.44. The highest BCUT2D eigenvalue weighted by atomic mass is 79.9. The number of benzene rings is 2. The smallest absolute Gasteiger partial charge is 0.310 e. The van der Waals surface area contributed by atoms with Crippen LogP contribution < -0.4 is 4.74 Å². The van der Waals surface area contributed by atoms with Crippen LogP contribution in [0, 0.1) is 11.3 Å². The largest absolute Gasteiger partial charge is 0.486 e. The summed E-state index contributed by atoms with van der Waals surface area (Å²) in [5.74, 6) is 0.0382. The molecule has 1 aromatic heterocycles. The number of para-hydroxylation sites is 1. The molecule has 1 heterocycles. The zero-order chi connectivity index (χ0) is 21.0. The molecule has 0 atom stereocenters. The van der Waals surface area contributed by atoms with E-state index >= 15 is 0 Å². The van der Waals surface area contributed by atoms with Crippen LogP contribution in [0.1, 0.15) is 43.6 Å². The van der Waals surface area contributed by atoms with E-state index in [0.29, 0.717) is 23.5 Å². The first-order valence-electron chi connectivity index (χ1n) is 9.41. The summed E-state index contributed by atoms with van der Waals surface area (Å²) < 4.78 is 14.0. The van der Waals surface area contributed by atoms with Gasteiger partial charge in [0.05, 0.1) is 24.1 Å². The predicted octanol–water partition coefficient (Wildman–Crippen LogP) is 4.94. The molecule has 3 rings (SSSR count). The van der Waals surface area contributed by atoms with Crippen molar-refractivity contribution in [1.29, 1.82) is 5.26 Å². The summed E-state index contributed by atoms with van der Waals surface area (Å²) in [6.45, 7) is 6.39. The van der Waals surface area contributed by atoms with Crippen LogP contribution in [0.5, 0.6) is 5.75 Å². The van der Waals surface area contributed by atoms with Gasteiger partial charge in [-0.3, -0.25) is 9.48 Å². The quantitative estimate of drug-likeness (QED) is 0.471. The van der Waals surface area contributed by atoms with Crippen LogP contribution in [0.15, 0.2) is 40.9 Å². The minimum absolute atomic E-state index is 0.0470. The lowest BCUT2D eigenvalue weighted by atomic mass is 10.1. The fraction of sp³-hybridized carbons (Fsp3) is 0.318. The SMILES string of the molecule is CCOC(=O)Cc1cccc(C#N)c1OCc1nn(C(C)C)c2ccc(Br)cc12. The van der Waals surface area contributed by atoms with Crippen molar-refractivity contribution in [3.63, 3.8) is 0 Å². The molecule has 0 N–H and O–H groups in total. The summed E-state index contributed by atoms with van der Waals surface area (Å²) in [7, 11) is 0. The van der Waals surface area contributed by atoms with Gasteiger partial charge in [-0.2, -0.15) is 10.4 Å². The van der Waals surface area contributed by atoms with Gasteiger partial charge in [0.2, 0.25) is 0 Å². The average molecular weight is 456 g/mol. The highest BCUT2D eigenvalue weighted by molar-refractivity contribution is 9.10. The number of hydrogen-bond acceptors (Lipinski definition) is 5. The maximum Gasteiger partial charge on any atom is 0.310 e. The maximum absolute atomic E-state index is 11.9. The first kappa shape index (κ1) is 20.9. The van der Waals surface area contributed by atoms with Crippen LogP contribution in [0.25, 0.3) is 10.9 Å². The molecular weight excluding hydrogens is 434 g/mol. The van der Waals surface area contributed by atoms with E-state index in [2.05, 4.69) is 35.8 Å². The van der Waals surface area contributed by atoms with Gasteiger partial charge in [0, 0.05) is 21.5 Å². The van der Waals surface area contributed by atoms with Crippen LogP contribution in [-0.2, 0) is 22.6 Å². The van der Waals surface area contributed by atoms with Gasteiger partial charge in [0.15, 0.2) is 0 Å². The Morgan fingerprint density at radius 2 is 2.10 bits per heavy atom. The Bertz CT molecular complexity index is 1080. The fourth-order valence-electron chi connectivity index (χ4n) is 3.17.